The van der Waals surface area contributed by atoms with E-state index in [9.17, 15) is 24.0 Å². The first kappa shape index (κ1) is 22.0. The number of piperidine rings is 2. The molecule has 3 aliphatic heterocycles. The zero-order chi connectivity index (χ0) is 24.0. The maximum Gasteiger partial charge on any atom is 0.356 e. The maximum absolute atomic E-state index is 13.3. The molecule has 3 aliphatic rings. The van der Waals surface area contributed by atoms with Crippen LogP contribution < -0.4 is 5.32 Å². The molecule has 1 aromatic carbocycles. The van der Waals surface area contributed by atoms with Crippen LogP contribution in [0.1, 0.15) is 68.5 Å². The number of nitrogens with one attached hydrogen (secondary N) is 1. The lowest BCUT2D eigenvalue weighted by Crippen LogP contribution is -2.54. The van der Waals surface area contributed by atoms with E-state index in [4.69, 9.17) is 5.11 Å². The molecule has 0 spiro atoms. The van der Waals surface area contributed by atoms with Gasteiger partial charge >= 0.3 is 5.97 Å². The topological polar surface area (TPSA) is 142 Å². The summed E-state index contributed by atoms with van der Waals surface area (Å²) >= 11 is 0. The number of imide groups is 2. The first-order valence-electron chi connectivity index (χ1n) is 11.2. The summed E-state index contributed by atoms with van der Waals surface area (Å²) in [5.41, 5.74) is 1.33. The lowest BCUT2D eigenvalue weighted by atomic mass is 10.00. The molecular formula is C23H23N5O6. The zero-order valence-electron chi connectivity index (χ0n) is 18.3. The van der Waals surface area contributed by atoms with E-state index in [2.05, 4.69) is 15.3 Å². The van der Waals surface area contributed by atoms with Gasteiger partial charge in [-0.15, -0.1) is 0 Å². The van der Waals surface area contributed by atoms with Gasteiger partial charge < -0.3 is 5.11 Å². The van der Waals surface area contributed by atoms with Crippen molar-refractivity contribution in [3.05, 3.63) is 52.8 Å². The lowest BCUT2D eigenvalue weighted by Gasteiger charge is -2.32. The van der Waals surface area contributed by atoms with Crippen LogP contribution in [0.4, 0.5) is 0 Å². The van der Waals surface area contributed by atoms with Gasteiger partial charge in [0.25, 0.3) is 11.8 Å². The number of carboxylic acid groups (broad SMARTS) is 1. The average molecular weight is 465 g/mol. The highest BCUT2D eigenvalue weighted by molar-refractivity contribution is 6.24. The van der Waals surface area contributed by atoms with Crippen molar-refractivity contribution in [3.8, 4) is 0 Å². The van der Waals surface area contributed by atoms with Crippen molar-refractivity contribution < 1.29 is 29.1 Å². The van der Waals surface area contributed by atoms with E-state index >= 15 is 0 Å². The Labute approximate surface area is 194 Å². The maximum atomic E-state index is 13.3. The Morgan fingerprint density at radius 2 is 1.82 bits per heavy atom. The van der Waals surface area contributed by atoms with Crippen molar-refractivity contribution >= 4 is 29.6 Å². The molecule has 1 unspecified atom stereocenters. The second kappa shape index (κ2) is 8.49. The summed E-state index contributed by atoms with van der Waals surface area (Å²) in [6.07, 6.45) is 3.42. The van der Waals surface area contributed by atoms with Gasteiger partial charge in [-0.2, -0.15) is 5.10 Å². The number of carbonyl (C=O) groups is 5. The van der Waals surface area contributed by atoms with Crippen molar-refractivity contribution in [2.75, 3.05) is 13.1 Å². The number of aromatic nitrogens is 2. The van der Waals surface area contributed by atoms with Crippen LogP contribution >= 0.6 is 0 Å². The molecule has 0 saturated carbocycles. The second-order valence-electron chi connectivity index (χ2n) is 8.78. The Bertz CT molecular complexity index is 1210. The molecule has 11 nitrogen and oxygen atoms in total. The van der Waals surface area contributed by atoms with E-state index < -0.39 is 35.6 Å². The van der Waals surface area contributed by atoms with Crippen LogP contribution in [0.2, 0.25) is 0 Å². The van der Waals surface area contributed by atoms with Crippen molar-refractivity contribution in [1.29, 1.82) is 0 Å². The van der Waals surface area contributed by atoms with E-state index in [1.165, 1.54) is 6.07 Å². The quantitative estimate of drug-likeness (QED) is 0.618. The van der Waals surface area contributed by atoms with E-state index in [1.807, 2.05) is 6.07 Å². The van der Waals surface area contributed by atoms with Crippen LogP contribution in [0.3, 0.4) is 0 Å². The highest BCUT2D eigenvalue weighted by atomic mass is 16.4. The molecular weight excluding hydrogens is 442 g/mol. The third-order valence-corrected chi connectivity index (χ3v) is 6.71. The van der Waals surface area contributed by atoms with Crippen LogP contribution in [0, 0.1) is 0 Å². The van der Waals surface area contributed by atoms with E-state index in [0.29, 0.717) is 12.1 Å². The van der Waals surface area contributed by atoms with Crippen molar-refractivity contribution in [1.82, 2.24) is 24.9 Å². The summed E-state index contributed by atoms with van der Waals surface area (Å²) in [6.45, 7) is 1.91. The number of fused-ring (bicyclic) bond motifs is 1. The van der Waals surface area contributed by atoms with E-state index in [1.54, 1.807) is 23.0 Å². The summed E-state index contributed by atoms with van der Waals surface area (Å²) in [5, 5.41) is 15.4. The van der Waals surface area contributed by atoms with Gasteiger partial charge in [-0.1, -0.05) is 12.1 Å². The number of carbonyl (C=O) groups excluding carboxylic acids is 4. The zero-order valence-corrected chi connectivity index (χ0v) is 18.3. The number of hydrogen-bond acceptors (Lipinski definition) is 7. The van der Waals surface area contributed by atoms with Gasteiger partial charge in [0.2, 0.25) is 11.8 Å². The summed E-state index contributed by atoms with van der Waals surface area (Å²) in [7, 11) is 0. The number of aromatic carboxylic acids is 1. The number of hydrogen-bond donors (Lipinski definition) is 2. The second-order valence-corrected chi connectivity index (χ2v) is 8.78. The van der Waals surface area contributed by atoms with Gasteiger partial charge in [0.1, 0.15) is 6.04 Å². The normalized spacial score (nSPS) is 21.6. The molecule has 4 amide bonds. The van der Waals surface area contributed by atoms with E-state index in [0.717, 1.165) is 36.4 Å². The number of nitrogens with zero attached hydrogens (tertiary/aromatic N) is 4. The van der Waals surface area contributed by atoms with Crippen LogP contribution in [-0.2, 0) is 16.1 Å². The predicted octanol–water partition coefficient (Wildman–Crippen LogP) is 0.820. The van der Waals surface area contributed by atoms with Crippen molar-refractivity contribution in [2.45, 2.75) is 44.3 Å². The Balaban J connectivity index is 1.29. The molecule has 2 aromatic rings. The van der Waals surface area contributed by atoms with Gasteiger partial charge in [-0.05, 0) is 37.0 Å². The predicted molar refractivity (Wildman–Crippen MR) is 116 cm³/mol. The van der Waals surface area contributed by atoms with Crippen LogP contribution in [-0.4, -0.2) is 73.4 Å². The molecule has 0 radical (unpaired) electrons. The Hall–Kier alpha value is -3.86. The standard InChI is InChI=1S/C23H23N5O6/c29-18-5-4-17(20(30)24-18)28-21(31)15-3-1-2-13(19(15)22(28)32)12-26-9-6-14(7-10-26)27-11-8-16(25-27)23(33)34/h1-3,8,11,14,17H,4-7,9-10,12H2,(H,33,34)(H,24,29,30). The smallest absolute Gasteiger partial charge is 0.356 e. The first-order chi connectivity index (χ1) is 16.3. The molecule has 1 aromatic heterocycles. The van der Waals surface area contributed by atoms with E-state index in [-0.39, 0.29) is 30.1 Å². The number of benzene rings is 1. The van der Waals surface area contributed by atoms with Gasteiger partial charge in [0.05, 0.1) is 17.2 Å². The summed E-state index contributed by atoms with van der Waals surface area (Å²) in [6, 6.07) is 5.73. The molecule has 5 rings (SSSR count). The fraction of sp³-hybridized carbons (Fsp3) is 0.391. The molecule has 4 heterocycles. The van der Waals surface area contributed by atoms with Crippen molar-refractivity contribution in [3.63, 3.8) is 0 Å². The molecule has 2 fully saturated rings. The number of carboxylic acids is 1. The molecule has 2 N–H and O–H groups in total. The highest BCUT2D eigenvalue weighted by Crippen LogP contribution is 2.31. The molecule has 11 heteroatoms. The Morgan fingerprint density at radius 1 is 1.06 bits per heavy atom. The number of likely N-dealkylation sites (tertiary alicyclic amines) is 1. The minimum Gasteiger partial charge on any atom is -0.476 e. The molecule has 0 bridgehead atoms. The van der Waals surface area contributed by atoms with Gasteiger partial charge in [0.15, 0.2) is 5.69 Å². The minimum absolute atomic E-state index is 0.0195. The third-order valence-electron chi connectivity index (χ3n) is 6.71. The van der Waals surface area contributed by atoms with Gasteiger partial charge in [0, 0.05) is 32.3 Å². The molecule has 0 aliphatic carbocycles. The molecule has 2 saturated heterocycles. The van der Waals surface area contributed by atoms with Crippen LogP contribution in [0.5, 0.6) is 0 Å². The van der Waals surface area contributed by atoms with Crippen LogP contribution in [0.15, 0.2) is 30.5 Å². The lowest BCUT2D eigenvalue weighted by molar-refractivity contribution is -0.136. The Morgan fingerprint density at radius 3 is 2.50 bits per heavy atom. The molecule has 1 atom stereocenters. The molecule has 34 heavy (non-hydrogen) atoms. The monoisotopic (exact) mass is 465 g/mol. The first-order valence-corrected chi connectivity index (χ1v) is 11.2. The summed E-state index contributed by atoms with van der Waals surface area (Å²) in [5.74, 6) is -3.10. The third kappa shape index (κ3) is 3.77. The summed E-state index contributed by atoms with van der Waals surface area (Å²) in [4.78, 5) is 64.3. The number of amides is 4. The Kier molecular flexibility index (Phi) is 5.48. The SMILES string of the molecule is O=C1CCC(N2C(=O)c3cccc(CN4CCC(n5ccc(C(=O)O)n5)CC4)c3C2=O)C(=O)N1. The fourth-order valence-electron chi connectivity index (χ4n) is 4.96. The number of rotatable bonds is 5. The van der Waals surface area contributed by atoms with Crippen molar-refractivity contribution in [2.24, 2.45) is 0 Å². The summed E-state index contributed by atoms with van der Waals surface area (Å²) < 4.78 is 1.70. The minimum atomic E-state index is -1.06. The highest BCUT2D eigenvalue weighted by Gasteiger charge is 2.45. The molecule has 176 valence electrons. The largest absolute Gasteiger partial charge is 0.476 e. The van der Waals surface area contributed by atoms with Gasteiger partial charge in [-0.3, -0.25) is 39.0 Å². The fourth-order valence-corrected chi connectivity index (χ4v) is 4.96. The van der Waals surface area contributed by atoms with Crippen LogP contribution in [0.25, 0.3) is 0 Å². The average Bonchev–Trinajstić information content (AvgIpc) is 3.40. The van der Waals surface area contributed by atoms with Gasteiger partial charge in [-0.25, -0.2) is 4.79 Å².